The summed E-state index contributed by atoms with van der Waals surface area (Å²) < 4.78 is 0. The van der Waals surface area contributed by atoms with E-state index in [0.717, 1.165) is 37.0 Å². The van der Waals surface area contributed by atoms with Crippen LogP contribution in [0, 0.1) is 34.5 Å². The first kappa shape index (κ1) is 16.1. The topological polar surface area (TPSA) is 87.1 Å². The van der Waals surface area contributed by atoms with Gasteiger partial charge in [0.2, 0.25) is 0 Å². The Labute approximate surface area is 141 Å². The molecule has 4 aliphatic carbocycles. The fourth-order valence-corrected chi connectivity index (χ4v) is 5.15. The standard InChI is InChI=1S/C11H16O2.C7H5ClN2/c12-10(13)11-4-7-1-8(5-11)3-9(2-7)6-11;8-6-3-5(4-9)1-2-7(6)10/h7-9H,1-6H2,(H,12,13);1-3H,10H2. The second-order valence-corrected chi connectivity index (χ2v) is 7.76. The first-order valence-corrected chi connectivity index (χ1v) is 8.48. The minimum Gasteiger partial charge on any atom is -0.481 e. The number of hydrogen-bond donors (Lipinski definition) is 2. The van der Waals surface area contributed by atoms with Crippen LogP contribution in [-0.4, -0.2) is 11.1 Å². The molecule has 0 unspecified atom stereocenters. The van der Waals surface area contributed by atoms with Crippen molar-refractivity contribution in [3.8, 4) is 6.07 Å². The third kappa shape index (κ3) is 3.16. The number of halogens is 1. The van der Waals surface area contributed by atoms with Crippen LogP contribution in [0.15, 0.2) is 18.2 Å². The Morgan fingerprint density at radius 3 is 2.13 bits per heavy atom. The molecule has 0 saturated heterocycles. The average molecular weight is 333 g/mol. The van der Waals surface area contributed by atoms with Gasteiger partial charge in [-0.05, 0) is 74.5 Å². The summed E-state index contributed by atoms with van der Waals surface area (Å²) in [6.45, 7) is 0. The van der Waals surface area contributed by atoms with Crippen molar-refractivity contribution in [2.24, 2.45) is 23.2 Å². The molecule has 23 heavy (non-hydrogen) atoms. The quantitative estimate of drug-likeness (QED) is 0.758. The molecule has 4 aliphatic rings. The van der Waals surface area contributed by atoms with Crippen LogP contribution >= 0.6 is 11.6 Å². The highest BCUT2D eigenvalue weighted by molar-refractivity contribution is 6.33. The van der Waals surface area contributed by atoms with Crippen molar-refractivity contribution in [3.63, 3.8) is 0 Å². The van der Waals surface area contributed by atoms with Crippen molar-refractivity contribution in [1.29, 1.82) is 5.26 Å². The monoisotopic (exact) mass is 332 g/mol. The van der Waals surface area contributed by atoms with Gasteiger partial charge in [0.15, 0.2) is 0 Å². The van der Waals surface area contributed by atoms with Crippen LogP contribution in [0.1, 0.15) is 44.1 Å². The summed E-state index contributed by atoms with van der Waals surface area (Å²) in [5, 5.41) is 18.1. The van der Waals surface area contributed by atoms with E-state index in [2.05, 4.69) is 0 Å². The highest BCUT2D eigenvalue weighted by atomic mass is 35.5. The smallest absolute Gasteiger partial charge is 0.309 e. The van der Waals surface area contributed by atoms with Crippen LogP contribution < -0.4 is 5.73 Å². The molecule has 3 N–H and O–H groups in total. The summed E-state index contributed by atoms with van der Waals surface area (Å²) in [7, 11) is 0. The minimum absolute atomic E-state index is 0.283. The van der Waals surface area contributed by atoms with Crippen molar-refractivity contribution in [3.05, 3.63) is 28.8 Å². The molecule has 4 nitrogen and oxygen atoms in total. The molecule has 5 heteroatoms. The number of carboxylic acid groups (broad SMARTS) is 1. The number of benzene rings is 1. The van der Waals surface area contributed by atoms with Crippen molar-refractivity contribution in [1.82, 2.24) is 0 Å². The Morgan fingerprint density at radius 2 is 1.74 bits per heavy atom. The van der Waals surface area contributed by atoms with Crippen molar-refractivity contribution >= 4 is 23.3 Å². The lowest BCUT2D eigenvalue weighted by Gasteiger charge is -2.54. The summed E-state index contributed by atoms with van der Waals surface area (Å²) in [4.78, 5) is 11.3. The third-order valence-electron chi connectivity index (χ3n) is 5.62. The van der Waals surface area contributed by atoms with Crippen LogP contribution in [0.3, 0.4) is 0 Å². The molecular formula is C18H21ClN2O2. The van der Waals surface area contributed by atoms with Gasteiger partial charge in [0.05, 0.1) is 27.8 Å². The summed E-state index contributed by atoms with van der Waals surface area (Å²) >= 11 is 5.62. The van der Waals surface area contributed by atoms with Gasteiger partial charge < -0.3 is 10.8 Å². The SMILES string of the molecule is N#Cc1ccc(N)c(Cl)c1.O=C(O)C12CC3CC(CC(C3)C1)C2. The van der Waals surface area contributed by atoms with Crippen molar-refractivity contribution < 1.29 is 9.90 Å². The highest BCUT2D eigenvalue weighted by Gasteiger charge is 2.54. The second kappa shape index (κ2) is 6.05. The lowest BCUT2D eigenvalue weighted by atomic mass is 9.49. The molecule has 5 rings (SSSR count). The van der Waals surface area contributed by atoms with Crippen LogP contribution in [0.25, 0.3) is 0 Å². The first-order chi connectivity index (χ1) is 10.9. The zero-order valence-electron chi connectivity index (χ0n) is 13.0. The normalized spacial score (nSPS) is 33.5. The van der Waals surface area contributed by atoms with Crippen LogP contribution in [-0.2, 0) is 4.79 Å². The lowest BCUT2D eigenvalue weighted by Crippen LogP contribution is -2.49. The van der Waals surface area contributed by atoms with Crippen molar-refractivity contribution in [2.45, 2.75) is 38.5 Å². The predicted octanol–water partition coefficient (Wildman–Crippen LogP) is 4.08. The first-order valence-electron chi connectivity index (χ1n) is 8.10. The van der Waals surface area contributed by atoms with Gasteiger partial charge in [-0.3, -0.25) is 4.79 Å². The third-order valence-corrected chi connectivity index (χ3v) is 5.95. The van der Waals surface area contributed by atoms with Gasteiger partial charge in [0, 0.05) is 0 Å². The largest absolute Gasteiger partial charge is 0.481 e. The number of carbonyl (C=O) groups is 1. The summed E-state index contributed by atoms with van der Waals surface area (Å²) in [6, 6.07) is 6.73. The molecule has 122 valence electrons. The van der Waals surface area contributed by atoms with E-state index in [4.69, 9.17) is 22.6 Å². The van der Waals surface area contributed by atoms with Gasteiger partial charge in [-0.15, -0.1) is 0 Å². The number of aliphatic carboxylic acids is 1. The summed E-state index contributed by atoms with van der Waals surface area (Å²) in [6.07, 6.45) is 6.92. The molecule has 1 aromatic carbocycles. The summed E-state index contributed by atoms with van der Waals surface area (Å²) in [5.41, 5.74) is 6.15. The van der Waals surface area contributed by atoms with Gasteiger partial charge in [-0.1, -0.05) is 11.6 Å². The second-order valence-electron chi connectivity index (χ2n) is 7.35. The van der Waals surface area contributed by atoms with Crippen LogP contribution in [0.5, 0.6) is 0 Å². The van der Waals surface area contributed by atoms with E-state index in [1.165, 1.54) is 25.3 Å². The Kier molecular flexibility index (Phi) is 4.25. The van der Waals surface area contributed by atoms with Crippen molar-refractivity contribution in [2.75, 3.05) is 5.73 Å². The molecule has 0 aliphatic heterocycles. The van der Waals surface area contributed by atoms with Crippen LogP contribution in [0.4, 0.5) is 5.69 Å². The molecule has 4 fully saturated rings. The minimum atomic E-state index is -0.508. The Bertz CT molecular complexity index is 630. The summed E-state index contributed by atoms with van der Waals surface area (Å²) in [5.74, 6) is 1.75. The zero-order valence-corrected chi connectivity index (χ0v) is 13.7. The molecule has 0 aromatic heterocycles. The number of nitrogens with zero attached hydrogens (tertiary/aromatic N) is 1. The maximum Gasteiger partial charge on any atom is 0.309 e. The number of rotatable bonds is 1. The molecule has 4 saturated carbocycles. The molecule has 0 radical (unpaired) electrons. The Hall–Kier alpha value is -1.73. The molecule has 0 amide bonds. The van der Waals surface area contributed by atoms with E-state index in [1.54, 1.807) is 12.1 Å². The van der Waals surface area contributed by atoms with E-state index in [1.807, 2.05) is 6.07 Å². The maximum absolute atomic E-state index is 11.3. The fraction of sp³-hybridized carbons (Fsp3) is 0.556. The predicted molar refractivity (Wildman–Crippen MR) is 88.8 cm³/mol. The van der Waals surface area contributed by atoms with E-state index in [9.17, 15) is 9.90 Å². The van der Waals surface area contributed by atoms with Gasteiger partial charge >= 0.3 is 5.97 Å². The number of anilines is 1. The van der Waals surface area contributed by atoms with E-state index < -0.39 is 5.97 Å². The average Bonchev–Trinajstić information content (AvgIpc) is 2.49. The molecule has 1 aromatic rings. The number of hydrogen-bond acceptors (Lipinski definition) is 3. The number of nitriles is 1. The van der Waals surface area contributed by atoms with Gasteiger partial charge in [-0.25, -0.2) is 0 Å². The number of nitrogens with two attached hydrogens (primary N) is 1. The van der Waals surface area contributed by atoms with E-state index in [0.29, 0.717) is 16.3 Å². The highest BCUT2D eigenvalue weighted by Crippen LogP contribution is 2.59. The van der Waals surface area contributed by atoms with Gasteiger partial charge in [-0.2, -0.15) is 5.26 Å². The Balaban J connectivity index is 0.000000142. The lowest BCUT2D eigenvalue weighted by molar-refractivity contribution is -0.164. The molecule has 0 spiro atoms. The van der Waals surface area contributed by atoms with Crippen LogP contribution in [0.2, 0.25) is 5.02 Å². The Morgan fingerprint density at radius 1 is 1.22 bits per heavy atom. The molecular weight excluding hydrogens is 312 g/mol. The maximum atomic E-state index is 11.3. The molecule has 4 bridgehead atoms. The van der Waals surface area contributed by atoms with Gasteiger partial charge in [0.1, 0.15) is 0 Å². The zero-order chi connectivity index (χ0) is 16.6. The number of carboxylic acids is 1. The molecule has 0 heterocycles. The van der Waals surface area contributed by atoms with E-state index in [-0.39, 0.29) is 5.41 Å². The molecule has 0 atom stereocenters. The fourth-order valence-electron chi connectivity index (χ4n) is 4.97. The number of nitrogen functional groups attached to an aromatic ring is 1. The van der Waals surface area contributed by atoms with Gasteiger partial charge in [0.25, 0.3) is 0 Å². The van der Waals surface area contributed by atoms with E-state index >= 15 is 0 Å².